The third-order valence-corrected chi connectivity index (χ3v) is 4.86. The van der Waals surface area contributed by atoms with Crippen LogP contribution < -0.4 is 5.73 Å². The highest BCUT2D eigenvalue weighted by Gasteiger charge is 2.33. The summed E-state index contributed by atoms with van der Waals surface area (Å²) in [6, 6.07) is 16.9. The zero-order valence-corrected chi connectivity index (χ0v) is 17.3. The zero-order valence-electron chi connectivity index (χ0n) is 16.5. The lowest BCUT2D eigenvalue weighted by Crippen LogP contribution is -2.24. The second-order valence-corrected chi connectivity index (χ2v) is 7.36. The quantitative estimate of drug-likeness (QED) is 0.154. The standard InChI is InChI=1S/C23H18ClN5O2/c1-13(25)27-16-6-4-5-14(11-16)21(30)20(22(31)15-9-10-26-19(24)12-15)23-28-17-7-2-3-8-18(17)29-23/h2-12,20H,1H3,(H2,25,27)(H,28,29). The molecular formula is C23H18ClN5O2. The molecular weight excluding hydrogens is 414 g/mol. The van der Waals surface area contributed by atoms with Crippen molar-refractivity contribution in [3.63, 3.8) is 0 Å². The highest BCUT2D eigenvalue weighted by molar-refractivity contribution is 6.30. The van der Waals surface area contributed by atoms with Crippen LogP contribution in [0.2, 0.25) is 5.15 Å². The summed E-state index contributed by atoms with van der Waals surface area (Å²) in [6.45, 7) is 1.66. The first-order chi connectivity index (χ1) is 14.9. The molecule has 7 nitrogen and oxygen atoms in total. The minimum absolute atomic E-state index is 0.163. The number of aliphatic imine (C=N–C) groups is 1. The molecule has 4 rings (SSSR count). The van der Waals surface area contributed by atoms with Crippen molar-refractivity contribution in [1.29, 1.82) is 0 Å². The first kappa shape index (κ1) is 20.4. The number of Topliss-reactive ketones (excluding diaryl/α,β-unsaturated/α-hetero) is 2. The molecule has 3 N–H and O–H groups in total. The van der Waals surface area contributed by atoms with Crippen molar-refractivity contribution in [2.75, 3.05) is 0 Å². The SMILES string of the molecule is CC(N)=Nc1cccc(C(=O)C(C(=O)c2ccnc(Cl)c2)c2nc3ccccc3[nH]2)c1. The van der Waals surface area contributed by atoms with Crippen LogP contribution in [0.5, 0.6) is 0 Å². The van der Waals surface area contributed by atoms with E-state index in [-0.39, 0.29) is 16.5 Å². The van der Waals surface area contributed by atoms with E-state index < -0.39 is 17.5 Å². The van der Waals surface area contributed by atoms with E-state index in [0.29, 0.717) is 22.6 Å². The van der Waals surface area contributed by atoms with E-state index in [2.05, 4.69) is 19.9 Å². The number of ketones is 2. The highest BCUT2D eigenvalue weighted by Crippen LogP contribution is 2.27. The van der Waals surface area contributed by atoms with Gasteiger partial charge in [-0.2, -0.15) is 0 Å². The highest BCUT2D eigenvalue weighted by atomic mass is 35.5. The van der Waals surface area contributed by atoms with Gasteiger partial charge in [0.15, 0.2) is 11.6 Å². The molecule has 0 aliphatic heterocycles. The van der Waals surface area contributed by atoms with Crippen LogP contribution in [0.1, 0.15) is 39.4 Å². The Hall–Kier alpha value is -3.84. The van der Waals surface area contributed by atoms with Crippen molar-refractivity contribution in [2.45, 2.75) is 12.8 Å². The molecule has 4 aromatic rings. The van der Waals surface area contributed by atoms with Gasteiger partial charge in [-0.15, -0.1) is 0 Å². The summed E-state index contributed by atoms with van der Waals surface area (Å²) in [4.78, 5) is 42.7. The van der Waals surface area contributed by atoms with Gasteiger partial charge >= 0.3 is 0 Å². The van der Waals surface area contributed by atoms with Gasteiger partial charge in [-0.05, 0) is 43.3 Å². The fourth-order valence-electron chi connectivity index (χ4n) is 3.30. The third-order valence-electron chi connectivity index (χ3n) is 4.65. The number of carbonyl (C=O) groups excluding carboxylic acids is 2. The van der Waals surface area contributed by atoms with Crippen LogP contribution >= 0.6 is 11.6 Å². The molecule has 0 aliphatic rings. The molecule has 0 spiro atoms. The zero-order chi connectivity index (χ0) is 22.0. The van der Waals surface area contributed by atoms with E-state index in [1.807, 2.05) is 24.3 Å². The van der Waals surface area contributed by atoms with Gasteiger partial charge in [-0.1, -0.05) is 35.9 Å². The molecule has 1 unspecified atom stereocenters. The molecule has 154 valence electrons. The monoisotopic (exact) mass is 431 g/mol. The van der Waals surface area contributed by atoms with Crippen LogP contribution in [0.4, 0.5) is 5.69 Å². The van der Waals surface area contributed by atoms with Gasteiger partial charge in [-0.3, -0.25) is 9.59 Å². The molecule has 1 atom stereocenters. The first-order valence-corrected chi connectivity index (χ1v) is 9.85. The number of benzene rings is 2. The Balaban J connectivity index is 1.83. The van der Waals surface area contributed by atoms with E-state index in [0.717, 1.165) is 5.52 Å². The lowest BCUT2D eigenvalue weighted by molar-refractivity contribution is 0.0856. The predicted molar refractivity (Wildman–Crippen MR) is 120 cm³/mol. The minimum atomic E-state index is -1.19. The van der Waals surface area contributed by atoms with Gasteiger partial charge in [0.05, 0.1) is 22.6 Å². The number of nitrogens with zero attached hydrogens (tertiary/aromatic N) is 3. The van der Waals surface area contributed by atoms with Crippen molar-refractivity contribution in [3.8, 4) is 0 Å². The summed E-state index contributed by atoms with van der Waals surface area (Å²) in [7, 11) is 0. The molecule has 31 heavy (non-hydrogen) atoms. The summed E-state index contributed by atoms with van der Waals surface area (Å²) >= 11 is 5.97. The van der Waals surface area contributed by atoms with Crippen LogP contribution in [0, 0.1) is 0 Å². The number of nitrogens with two attached hydrogens (primary N) is 1. The largest absolute Gasteiger partial charge is 0.387 e. The van der Waals surface area contributed by atoms with Crippen LogP contribution in [-0.2, 0) is 0 Å². The van der Waals surface area contributed by atoms with Gasteiger partial charge in [-0.25, -0.2) is 15.0 Å². The fraction of sp³-hybridized carbons (Fsp3) is 0.0870. The molecule has 0 amide bonds. The Morgan fingerprint density at radius 3 is 2.48 bits per heavy atom. The van der Waals surface area contributed by atoms with Crippen molar-refractivity contribution in [2.24, 2.45) is 10.7 Å². The van der Waals surface area contributed by atoms with Crippen LogP contribution in [0.25, 0.3) is 11.0 Å². The van der Waals surface area contributed by atoms with Crippen LogP contribution in [-0.4, -0.2) is 32.4 Å². The maximum absolute atomic E-state index is 13.6. The maximum atomic E-state index is 13.6. The van der Waals surface area contributed by atoms with Gasteiger partial charge in [0.2, 0.25) is 0 Å². The van der Waals surface area contributed by atoms with Gasteiger partial charge < -0.3 is 10.7 Å². The Labute approximate surface area is 183 Å². The minimum Gasteiger partial charge on any atom is -0.387 e. The number of carbonyl (C=O) groups is 2. The van der Waals surface area contributed by atoms with Gasteiger partial charge in [0.25, 0.3) is 0 Å². The summed E-state index contributed by atoms with van der Waals surface area (Å²) < 4.78 is 0. The Morgan fingerprint density at radius 2 is 1.77 bits per heavy atom. The number of amidine groups is 1. The Bertz CT molecular complexity index is 1290. The molecule has 0 fully saturated rings. The molecule has 2 aromatic carbocycles. The van der Waals surface area contributed by atoms with E-state index in [1.54, 1.807) is 31.2 Å². The molecule has 0 bridgehead atoms. The predicted octanol–water partition coefficient (Wildman–Crippen LogP) is 4.47. The number of halogens is 1. The number of H-pyrrole nitrogens is 1. The average molecular weight is 432 g/mol. The lowest BCUT2D eigenvalue weighted by Gasteiger charge is -2.13. The third kappa shape index (κ3) is 4.36. The number of aromatic nitrogens is 3. The second-order valence-electron chi connectivity index (χ2n) is 6.97. The molecule has 0 saturated heterocycles. The van der Waals surface area contributed by atoms with Crippen LogP contribution in [0.15, 0.2) is 71.9 Å². The number of rotatable bonds is 6. The lowest BCUT2D eigenvalue weighted by atomic mass is 9.89. The van der Waals surface area contributed by atoms with Crippen LogP contribution in [0.3, 0.4) is 0 Å². The smallest absolute Gasteiger partial charge is 0.181 e. The Morgan fingerprint density at radius 1 is 1.03 bits per heavy atom. The fourth-order valence-corrected chi connectivity index (χ4v) is 3.47. The van der Waals surface area contributed by atoms with Crippen molar-refractivity contribution in [1.82, 2.24) is 15.0 Å². The second kappa shape index (κ2) is 8.49. The van der Waals surface area contributed by atoms with E-state index in [1.165, 1.54) is 18.3 Å². The summed E-state index contributed by atoms with van der Waals surface area (Å²) in [5.41, 5.74) is 8.16. The van der Waals surface area contributed by atoms with Gasteiger partial charge in [0, 0.05) is 17.3 Å². The molecule has 8 heteroatoms. The number of hydrogen-bond acceptors (Lipinski definition) is 5. The molecule has 0 aliphatic carbocycles. The Kier molecular flexibility index (Phi) is 5.60. The number of imidazole rings is 1. The van der Waals surface area contributed by atoms with Crippen molar-refractivity contribution >= 4 is 45.7 Å². The average Bonchev–Trinajstić information content (AvgIpc) is 3.17. The van der Waals surface area contributed by atoms with E-state index >= 15 is 0 Å². The summed E-state index contributed by atoms with van der Waals surface area (Å²) in [6.07, 6.45) is 1.43. The number of aromatic amines is 1. The summed E-state index contributed by atoms with van der Waals surface area (Å²) in [5.74, 6) is -1.42. The number of hydrogen-bond donors (Lipinski definition) is 2. The number of nitrogens with one attached hydrogen (secondary N) is 1. The molecule has 0 saturated carbocycles. The maximum Gasteiger partial charge on any atom is 0.181 e. The van der Waals surface area contributed by atoms with E-state index in [4.69, 9.17) is 17.3 Å². The molecule has 2 heterocycles. The van der Waals surface area contributed by atoms with Crippen molar-refractivity contribution in [3.05, 3.63) is 89.0 Å². The summed E-state index contributed by atoms with van der Waals surface area (Å²) in [5, 5.41) is 0.163. The number of para-hydroxylation sites is 2. The normalized spacial score (nSPS) is 12.6. The molecule has 2 aromatic heterocycles. The van der Waals surface area contributed by atoms with Gasteiger partial charge in [0.1, 0.15) is 16.9 Å². The first-order valence-electron chi connectivity index (χ1n) is 9.48. The number of pyridine rings is 1. The molecule has 0 radical (unpaired) electrons. The topological polar surface area (TPSA) is 114 Å². The van der Waals surface area contributed by atoms with E-state index in [9.17, 15) is 9.59 Å². The van der Waals surface area contributed by atoms with Crippen molar-refractivity contribution < 1.29 is 9.59 Å². The number of fused-ring (bicyclic) bond motifs is 1.